The molecule has 2 heterocycles. The van der Waals surface area contributed by atoms with Crippen molar-refractivity contribution in [3.05, 3.63) is 41.2 Å². The second-order valence-electron chi connectivity index (χ2n) is 2.79. The van der Waals surface area contributed by atoms with Crippen molar-refractivity contribution in [3.8, 4) is 5.69 Å². The molecular weight excluding hydrogens is 182 g/mol. The Morgan fingerprint density at radius 3 is 2.85 bits per heavy atom. The van der Waals surface area contributed by atoms with E-state index in [1.807, 2.05) is 36.0 Å². The first kappa shape index (κ1) is 8.19. The Morgan fingerprint density at radius 2 is 2.31 bits per heavy atom. The fourth-order valence-electron chi connectivity index (χ4n) is 1.13. The number of aromatic nitrogens is 3. The number of imidazole rings is 1. The fourth-order valence-corrected chi connectivity index (χ4v) is 1.36. The van der Waals surface area contributed by atoms with Gasteiger partial charge in [0.1, 0.15) is 0 Å². The highest BCUT2D eigenvalue weighted by atomic mass is 32.1. The Hall–Kier alpha value is -1.42. The van der Waals surface area contributed by atoms with Gasteiger partial charge in [0, 0.05) is 18.1 Å². The van der Waals surface area contributed by atoms with Crippen LogP contribution in [0.15, 0.2) is 30.7 Å². The van der Waals surface area contributed by atoms with Gasteiger partial charge in [-0.3, -0.25) is 9.55 Å². The maximum absolute atomic E-state index is 5.08. The van der Waals surface area contributed by atoms with Crippen LogP contribution in [0.4, 0.5) is 0 Å². The molecule has 0 radical (unpaired) electrons. The Labute approximate surface area is 81.1 Å². The zero-order chi connectivity index (χ0) is 9.26. The molecule has 0 amide bonds. The van der Waals surface area contributed by atoms with Crippen molar-refractivity contribution < 1.29 is 0 Å². The molecule has 0 fully saturated rings. The van der Waals surface area contributed by atoms with Crippen molar-refractivity contribution in [3.63, 3.8) is 0 Å². The molecule has 66 valence electrons. The van der Waals surface area contributed by atoms with Gasteiger partial charge in [-0.2, -0.15) is 0 Å². The molecule has 0 saturated heterocycles. The molecule has 2 rings (SSSR count). The molecule has 13 heavy (non-hydrogen) atoms. The van der Waals surface area contributed by atoms with Crippen LogP contribution in [-0.2, 0) is 0 Å². The quantitative estimate of drug-likeness (QED) is 0.701. The van der Waals surface area contributed by atoms with E-state index in [1.165, 1.54) is 0 Å². The zero-order valence-corrected chi connectivity index (χ0v) is 8.01. The lowest BCUT2D eigenvalue weighted by atomic mass is 10.3. The van der Waals surface area contributed by atoms with Crippen molar-refractivity contribution in [2.75, 3.05) is 0 Å². The molecule has 0 aliphatic carbocycles. The van der Waals surface area contributed by atoms with E-state index in [0.717, 1.165) is 11.4 Å². The van der Waals surface area contributed by atoms with Gasteiger partial charge in [-0.05, 0) is 31.3 Å². The van der Waals surface area contributed by atoms with Gasteiger partial charge in [0.05, 0.1) is 11.9 Å². The van der Waals surface area contributed by atoms with E-state index >= 15 is 0 Å². The summed E-state index contributed by atoms with van der Waals surface area (Å²) in [6.07, 6.45) is 5.50. The molecule has 0 spiro atoms. The second-order valence-corrected chi connectivity index (χ2v) is 3.18. The van der Waals surface area contributed by atoms with E-state index in [9.17, 15) is 0 Å². The van der Waals surface area contributed by atoms with Crippen molar-refractivity contribution in [2.45, 2.75) is 6.92 Å². The number of rotatable bonds is 1. The lowest BCUT2D eigenvalue weighted by molar-refractivity contribution is 1.01. The maximum atomic E-state index is 5.08. The van der Waals surface area contributed by atoms with Crippen LogP contribution in [0.3, 0.4) is 0 Å². The third kappa shape index (κ3) is 1.53. The standard InChI is InChI=1S/C9H9N3S/c1-7-2-3-8(6-11-7)12-5-4-10-9(12)13/h2-6H,1H3,(H,10,13). The number of pyridine rings is 1. The summed E-state index contributed by atoms with van der Waals surface area (Å²) in [6, 6.07) is 3.95. The van der Waals surface area contributed by atoms with Crippen LogP contribution in [0, 0.1) is 11.7 Å². The summed E-state index contributed by atoms with van der Waals surface area (Å²) in [5.74, 6) is 0. The minimum Gasteiger partial charge on any atom is -0.337 e. The number of aromatic amines is 1. The minimum atomic E-state index is 0.686. The van der Waals surface area contributed by atoms with Crippen molar-refractivity contribution in [1.29, 1.82) is 0 Å². The molecule has 0 aromatic carbocycles. The van der Waals surface area contributed by atoms with Crippen LogP contribution in [0.5, 0.6) is 0 Å². The molecule has 1 N–H and O–H groups in total. The Bertz CT molecular complexity index is 452. The number of nitrogens with zero attached hydrogens (tertiary/aromatic N) is 2. The molecule has 2 aromatic heterocycles. The molecule has 0 aliphatic heterocycles. The SMILES string of the molecule is Cc1ccc(-n2cc[nH]c2=S)cn1. The highest BCUT2D eigenvalue weighted by molar-refractivity contribution is 7.71. The van der Waals surface area contributed by atoms with Crippen LogP contribution in [0.1, 0.15) is 5.69 Å². The third-order valence-electron chi connectivity index (χ3n) is 1.82. The highest BCUT2D eigenvalue weighted by Gasteiger charge is 1.96. The van der Waals surface area contributed by atoms with Crippen LogP contribution in [-0.4, -0.2) is 14.5 Å². The number of hydrogen-bond acceptors (Lipinski definition) is 2. The topological polar surface area (TPSA) is 33.6 Å². The number of H-pyrrole nitrogens is 1. The van der Waals surface area contributed by atoms with Gasteiger partial charge < -0.3 is 4.98 Å². The summed E-state index contributed by atoms with van der Waals surface area (Å²) in [7, 11) is 0. The van der Waals surface area contributed by atoms with Crippen LogP contribution < -0.4 is 0 Å². The van der Waals surface area contributed by atoms with E-state index in [4.69, 9.17) is 12.2 Å². The van der Waals surface area contributed by atoms with Gasteiger partial charge in [0.2, 0.25) is 0 Å². The average Bonchev–Trinajstić information content (AvgIpc) is 2.53. The average molecular weight is 191 g/mol. The Balaban J connectivity index is 2.54. The van der Waals surface area contributed by atoms with Gasteiger partial charge in [0.15, 0.2) is 4.77 Å². The first-order valence-corrected chi connectivity index (χ1v) is 4.37. The second kappa shape index (κ2) is 3.14. The summed E-state index contributed by atoms with van der Waals surface area (Å²) in [5.41, 5.74) is 1.99. The molecule has 0 atom stereocenters. The van der Waals surface area contributed by atoms with E-state index < -0.39 is 0 Å². The third-order valence-corrected chi connectivity index (χ3v) is 2.14. The van der Waals surface area contributed by atoms with E-state index in [1.54, 1.807) is 6.20 Å². The molecular formula is C9H9N3S. The summed E-state index contributed by atoms with van der Waals surface area (Å²) >= 11 is 5.08. The first-order valence-electron chi connectivity index (χ1n) is 3.96. The smallest absolute Gasteiger partial charge is 0.181 e. The van der Waals surface area contributed by atoms with Gasteiger partial charge >= 0.3 is 0 Å². The van der Waals surface area contributed by atoms with Gasteiger partial charge in [-0.25, -0.2) is 0 Å². The molecule has 0 saturated carbocycles. The Morgan fingerprint density at radius 1 is 1.46 bits per heavy atom. The van der Waals surface area contributed by atoms with E-state index in [2.05, 4.69) is 9.97 Å². The zero-order valence-electron chi connectivity index (χ0n) is 7.19. The predicted molar refractivity (Wildman–Crippen MR) is 53.5 cm³/mol. The number of nitrogens with one attached hydrogen (secondary N) is 1. The predicted octanol–water partition coefficient (Wildman–Crippen LogP) is 2.24. The first-order chi connectivity index (χ1) is 6.27. The minimum absolute atomic E-state index is 0.686. The van der Waals surface area contributed by atoms with Gasteiger partial charge in [0.25, 0.3) is 0 Å². The molecule has 3 nitrogen and oxygen atoms in total. The van der Waals surface area contributed by atoms with E-state index in [-0.39, 0.29) is 0 Å². The molecule has 0 aliphatic rings. The molecule has 4 heteroatoms. The molecule has 2 aromatic rings. The largest absolute Gasteiger partial charge is 0.337 e. The number of aryl methyl sites for hydroxylation is 1. The summed E-state index contributed by atoms with van der Waals surface area (Å²) in [4.78, 5) is 7.13. The monoisotopic (exact) mass is 191 g/mol. The van der Waals surface area contributed by atoms with Gasteiger partial charge in [-0.1, -0.05) is 0 Å². The maximum Gasteiger partial charge on any atom is 0.181 e. The summed E-state index contributed by atoms with van der Waals surface area (Å²) in [5, 5.41) is 0. The Kier molecular flexibility index (Phi) is 1.98. The van der Waals surface area contributed by atoms with Crippen LogP contribution in [0.2, 0.25) is 0 Å². The fraction of sp³-hybridized carbons (Fsp3) is 0.111. The molecule has 0 bridgehead atoms. The summed E-state index contributed by atoms with van der Waals surface area (Å²) < 4.78 is 2.56. The van der Waals surface area contributed by atoms with Gasteiger partial charge in [-0.15, -0.1) is 0 Å². The van der Waals surface area contributed by atoms with Crippen molar-refractivity contribution in [2.24, 2.45) is 0 Å². The lowest BCUT2D eigenvalue weighted by Gasteiger charge is -2.00. The van der Waals surface area contributed by atoms with Crippen molar-refractivity contribution in [1.82, 2.24) is 14.5 Å². The number of hydrogen-bond donors (Lipinski definition) is 1. The highest BCUT2D eigenvalue weighted by Crippen LogP contribution is 2.06. The van der Waals surface area contributed by atoms with E-state index in [0.29, 0.717) is 4.77 Å². The molecule has 0 unspecified atom stereocenters. The van der Waals surface area contributed by atoms with Crippen LogP contribution in [0.25, 0.3) is 5.69 Å². The summed E-state index contributed by atoms with van der Waals surface area (Å²) in [6.45, 7) is 1.96. The van der Waals surface area contributed by atoms with Crippen LogP contribution >= 0.6 is 12.2 Å². The normalized spacial score (nSPS) is 10.2. The van der Waals surface area contributed by atoms with Crippen molar-refractivity contribution >= 4 is 12.2 Å². The lowest BCUT2D eigenvalue weighted by Crippen LogP contribution is -1.93.